The van der Waals surface area contributed by atoms with Crippen molar-refractivity contribution in [2.75, 3.05) is 54.2 Å². The monoisotopic (exact) mass is 1130 g/mol. The lowest BCUT2D eigenvalue weighted by atomic mass is 9.76. The van der Waals surface area contributed by atoms with Crippen molar-refractivity contribution in [2.45, 2.75) is 96.2 Å². The molecule has 0 saturated heterocycles. The van der Waals surface area contributed by atoms with Gasteiger partial charge >= 0.3 is 21.2 Å². The predicted octanol–water partition coefficient (Wildman–Crippen LogP) is 9.98. The molecule has 422 valence electrons. The number of anilines is 3. The number of hydrogen-bond donors (Lipinski definition) is 3. The van der Waals surface area contributed by atoms with Crippen LogP contribution in [-0.4, -0.2) is 97.2 Å². The fourth-order valence-corrected chi connectivity index (χ4v) is 12.1. The molecular formula is C63H71N3O12S2. The minimum absolute atomic E-state index is 0. The largest absolute Gasteiger partial charge is 0.463 e. The fraction of sp³-hybridized carbons (Fsp3) is 0.333. The van der Waals surface area contributed by atoms with Gasteiger partial charge in [0.15, 0.2) is 0 Å². The van der Waals surface area contributed by atoms with Crippen molar-refractivity contribution in [1.82, 2.24) is 0 Å². The summed E-state index contributed by atoms with van der Waals surface area (Å²) in [6.07, 6.45) is 12.9. The van der Waals surface area contributed by atoms with Gasteiger partial charge in [0.05, 0.1) is 36.1 Å². The van der Waals surface area contributed by atoms with E-state index in [0.717, 1.165) is 51.0 Å². The maximum absolute atomic E-state index is 9.65. The van der Waals surface area contributed by atoms with Crippen LogP contribution >= 0.6 is 0 Å². The third-order valence-electron chi connectivity index (χ3n) is 16.0. The number of ether oxygens (including phenoxy) is 3. The smallest absolute Gasteiger partial charge is 0.425 e. The van der Waals surface area contributed by atoms with Gasteiger partial charge in [-0.2, -0.15) is 0 Å². The number of benzene rings is 6. The van der Waals surface area contributed by atoms with Gasteiger partial charge in [-0.3, -0.25) is 0 Å². The molecule has 12 rings (SSSR count). The summed E-state index contributed by atoms with van der Waals surface area (Å²) in [5.41, 5.74) is 10.3. The zero-order chi connectivity index (χ0) is 57.1. The summed E-state index contributed by atoms with van der Waals surface area (Å²) in [7, 11) is -6.22. The average molecular weight is 1130 g/mol. The minimum atomic E-state index is -3.11. The van der Waals surface area contributed by atoms with E-state index < -0.39 is 38.4 Å². The summed E-state index contributed by atoms with van der Waals surface area (Å²) in [6.45, 7) is 19.3. The van der Waals surface area contributed by atoms with Crippen LogP contribution in [0.2, 0.25) is 0 Å². The Bertz CT molecular complexity index is 3400. The van der Waals surface area contributed by atoms with Gasteiger partial charge in [-0.15, -0.1) is 25.3 Å². The summed E-state index contributed by atoms with van der Waals surface area (Å²) in [5.74, 6) is 2.68. The molecule has 0 bridgehead atoms. The third kappa shape index (κ3) is 10.6. The lowest BCUT2D eigenvalue weighted by molar-refractivity contribution is 0.0504. The Morgan fingerprint density at radius 2 is 0.675 bits per heavy atom. The summed E-state index contributed by atoms with van der Waals surface area (Å²) in [5, 5.41) is 28.9. The molecule has 0 aromatic heterocycles. The fourth-order valence-electron chi connectivity index (χ4n) is 12.1. The first-order valence-corrected chi connectivity index (χ1v) is 28.0. The maximum atomic E-state index is 9.65. The van der Waals surface area contributed by atoms with E-state index in [1.165, 1.54) is 27.8 Å². The average Bonchev–Trinajstić information content (AvgIpc) is 4.06. The highest BCUT2D eigenvalue weighted by atomic mass is 32.2. The SMILES string of the molecule is C.CC1(C)c2ccccc2N(CCO)[C@@]12C=Cc1ccccc1O2.Cc1ccc2c(c1)C=C[C@]1(O2)N(CCO)c2ccccc2C1(C)C.Cc1ccc2c(c1)C=C[C@]1(O2)N(CCO)c2ccccc2C1(C)C.O=S(=O)=O.O=S(=O)=O. The van der Waals surface area contributed by atoms with Crippen LogP contribution in [0, 0.1) is 13.8 Å². The van der Waals surface area contributed by atoms with Crippen LogP contribution in [0.4, 0.5) is 17.1 Å². The summed E-state index contributed by atoms with van der Waals surface area (Å²) < 4.78 is 70.5. The quantitative estimate of drug-likeness (QED) is 0.142. The molecule has 6 aromatic carbocycles. The van der Waals surface area contributed by atoms with E-state index in [9.17, 15) is 15.3 Å². The van der Waals surface area contributed by atoms with E-state index in [-0.39, 0.29) is 43.5 Å². The molecule has 3 N–H and O–H groups in total. The Morgan fingerprint density at radius 3 is 1.00 bits per heavy atom. The molecule has 6 aliphatic rings. The van der Waals surface area contributed by atoms with Crippen LogP contribution in [0.5, 0.6) is 17.2 Å². The van der Waals surface area contributed by atoms with Crippen molar-refractivity contribution in [3.8, 4) is 17.2 Å². The molecule has 0 amide bonds. The molecule has 3 atom stereocenters. The van der Waals surface area contributed by atoms with Crippen LogP contribution in [-0.2, 0) is 37.5 Å². The first-order valence-electron chi connectivity index (χ1n) is 26.0. The van der Waals surface area contributed by atoms with Crippen molar-refractivity contribution in [1.29, 1.82) is 0 Å². The first kappa shape index (κ1) is 60.1. The van der Waals surface area contributed by atoms with E-state index in [1.54, 1.807) is 0 Å². The third-order valence-corrected chi connectivity index (χ3v) is 16.0. The van der Waals surface area contributed by atoms with E-state index in [0.29, 0.717) is 19.6 Å². The molecule has 17 heteroatoms. The van der Waals surface area contributed by atoms with Gasteiger partial charge in [0, 0.05) is 53.4 Å². The van der Waals surface area contributed by atoms with Crippen molar-refractivity contribution < 1.29 is 54.8 Å². The molecule has 80 heavy (non-hydrogen) atoms. The molecule has 0 radical (unpaired) electrons. The van der Waals surface area contributed by atoms with Crippen LogP contribution in [0.3, 0.4) is 0 Å². The van der Waals surface area contributed by atoms with Crippen LogP contribution < -0.4 is 28.9 Å². The Kier molecular flexibility index (Phi) is 17.8. The van der Waals surface area contributed by atoms with Gasteiger partial charge < -0.3 is 44.2 Å². The number of rotatable bonds is 6. The number of hydrogen-bond acceptors (Lipinski definition) is 15. The highest BCUT2D eigenvalue weighted by Gasteiger charge is 2.61. The van der Waals surface area contributed by atoms with Crippen molar-refractivity contribution >= 4 is 56.5 Å². The Morgan fingerprint density at radius 1 is 0.400 bits per heavy atom. The highest BCUT2D eigenvalue weighted by Crippen LogP contribution is 2.57. The van der Waals surface area contributed by atoms with E-state index in [1.807, 2.05) is 48.5 Å². The van der Waals surface area contributed by atoms with Gasteiger partial charge in [0.1, 0.15) is 17.2 Å². The maximum Gasteiger partial charge on any atom is 0.425 e. The molecule has 6 heterocycles. The molecule has 0 saturated carbocycles. The highest BCUT2D eigenvalue weighted by molar-refractivity contribution is 7.59. The Labute approximate surface area is 472 Å². The van der Waals surface area contributed by atoms with Crippen LogP contribution in [0.25, 0.3) is 18.2 Å². The number of aryl methyl sites for hydroxylation is 2. The molecule has 15 nitrogen and oxygen atoms in total. The summed E-state index contributed by atoms with van der Waals surface area (Å²) >= 11 is 0. The lowest BCUT2D eigenvalue weighted by Crippen LogP contribution is -2.60. The molecule has 0 aliphatic carbocycles. The van der Waals surface area contributed by atoms with Crippen LogP contribution in [0.15, 0.2) is 152 Å². The molecule has 0 unspecified atom stereocenters. The topological polar surface area (TPSA) is 201 Å². The zero-order valence-corrected chi connectivity index (χ0v) is 47.2. The second-order valence-corrected chi connectivity index (χ2v) is 22.3. The van der Waals surface area contributed by atoms with E-state index in [4.69, 9.17) is 39.5 Å². The predicted molar refractivity (Wildman–Crippen MR) is 314 cm³/mol. The summed E-state index contributed by atoms with van der Waals surface area (Å²) in [6, 6.07) is 45.8. The van der Waals surface area contributed by atoms with Gasteiger partial charge in [0.25, 0.3) is 0 Å². The molecule has 6 aliphatic heterocycles. The summed E-state index contributed by atoms with van der Waals surface area (Å²) in [4.78, 5) is 6.58. The Hall–Kier alpha value is -7.54. The van der Waals surface area contributed by atoms with Gasteiger partial charge in [-0.25, -0.2) is 0 Å². The number of para-hydroxylation sites is 4. The number of β-amino-alcohol motifs (C(OH)–C–C–N with tert-alkyl or cyclic N) is 3. The molecule has 3 spiro atoms. The van der Waals surface area contributed by atoms with Gasteiger partial charge in [-0.1, -0.05) is 103 Å². The number of fused-ring (bicyclic) bond motifs is 6. The standard InChI is InChI=1S/2C21H23NO2.C20H21NO2.CH4.2O3S/c2*1-15-8-9-19-16(14-15)10-11-21(24-19)20(2,3)17-6-4-5-7-18(17)22(21)12-13-23;1-19(2)16-8-4-5-9-17(16)21(13-14-22)20(19)12-11-15-7-3-6-10-18(15)23-20;;2*1-4(2)3/h2*4-11,14,23H,12-13H2,1-3H3;3-12,22H,13-14H2,1-2H3;1H4;;/t2*21-;20-;;;/m111.../s1. The molecular weight excluding hydrogens is 1050 g/mol. The van der Waals surface area contributed by atoms with E-state index in [2.05, 4.69) is 191 Å². The van der Waals surface area contributed by atoms with Crippen molar-refractivity contribution in [2.24, 2.45) is 0 Å². The molecule has 0 fully saturated rings. The second kappa shape index (κ2) is 23.7. The molecule has 6 aromatic rings. The van der Waals surface area contributed by atoms with E-state index >= 15 is 0 Å². The van der Waals surface area contributed by atoms with Crippen LogP contribution in [0.1, 0.15) is 93.5 Å². The zero-order valence-electron chi connectivity index (χ0n) is 45.6. The van der Waals surface area contributed by atoms with Crippen molar-refractivity contribution in [3.05, 3.63) is 196 Å². The minimum Gasteiger partial charge on any atom is -0.463 e. The number of nitrogens with zero attached hydrogens (tertiary/aromatic N) is 3. The number of aliphatic hydroxyl groups excluding tert-OH is 3. The van der Waals surface area contributed by atoms with Gasteiger partial charge in [-0.05, 0) is 157 Å². The Balaban J connectivity index is 0.000000161. The normalized spacial score (nSPS) is 21.2. The lowest BCUT2D eigenvalue weighted by Gasteiger charge is -2.47. The first-order chi connectivity index (χ1) is 37.5. The number of aliphatic hydroxyl groups is 3. The van der Waals surface area contributed by atoms with Crippen molar-refractivity contribution in [3.63, 3.8) is 0 Å². The second-order valence-electron chi connectivity index (χ2n) is 21.5. The van der Waals surface area contributed by atoms with Gasteiger partial charge in [0.2, 0.25) is 17.2 Å².